The minimum absolute atomic E-state index is 0.212. The number of amidine groups is 1. The molecule has 1 atom stereocenters. The molecular formula is C16H25N3S2. The second-order valence-electron chi connectivity index (χ2n) is 6.67. The predicted octanol–water partition coefficient (Wildman–Crippen LogP) is 4.46. The third-order valence-electron chi connectivity index (χ3n) is 4.72. The van der Waals surface area contributed by atoms with E-state index in [-0.39, 0.29) is 6.04 Å². The molecule has 2 fully saturated rings. The number of aliphatic imine (C=N–C) groups is 1. The topological polar surface area (TPSA) is 37.3 Å². The minimum atomic E-state index is 0.212. The van der Waals surface area contributed by atoms with Gasteiger partial charge in [-0.3, -0.25) is 4.99 Å². The molecule has 3 nitrogen and oxygen atoms in total. The van der Waals surface area contributed by atoms with Gasteiger partial charge >= 0.3 is 0 Å². The third kappa shape index (κ3) is 3.29. The molecule has 1 saturated carbocycles. The van der Waals surface area contributed by atoms with Gasteiger partial charge in [-0.2, -0.15) is 0 Å². The van der Waals surface area contributed by atoms with E-state index in [2.05, 4.69) is 38.0 Å². The van der Waals surface area contributed by atoms with E-state index in [1.165, 1.54) is 36.3 Å². The Kier molecular flexibility index (Phi) is 4.33. The Morgan fingerprint density at radius 3 is 2.67 bits per heavy atom. The van der Waals surface area contributed by atoms with Crippen molar-refractivity contribution in [3.05, 3.63) is 15.6 Å². The van der Waals surface area contributed by atoms with Crippen LogP contribution >= 0.6 is 23.1 Å². The highest BCUT2D eigenvalue weighted by atomic mass is 32.2. The van der Waals surface area contributed by atoms with Crippen LogP contribution in [0.1, 0.15) is 61.2 Å². The summed E-state index contributed by atoms with van der Waals surface area (Å²) >= 11 is 3.69. The maximum Gasteiger partial charge on any atom is 0.157 e. The van der Waals surface area contributed by atoms with Crippen LogP contribution in [-0.2, 0) is 0 Å². The molecule has 1 aromatic heterocycles. The molecule has 1 N–H and O–H groups in total. The summed E-state index contributed by atoms with van der Waals surface area (Å²) in [5.74, 6) is 2.08. The number of thiazole rings is 1. The van der Waals surface area contributed by atoms with Crippen LogP contribution in [0.3, 0.4) is 0 Å². The monoisotopic (exact) mass is 323 g/mol. The summed E-state index contributed by atoms with van der Waals surface area (Å²) in [5, 5.41) is 6.03. The summed E-state index contributed by atoms with van der Waals surface area (Å²) in [7, 11) is 0. The lowest BCUT2D eigenvalue weighted by Crippen LogP contribution is -2.46. The average Bonchev–Trinajstić information content (AvgIpc) is 2.98. The van der Waals surface area contributed by atoms with Crippen LogP contribution in [-0.4, -0.2) is 21.4 Å². The second kappa shape index (κ2) is 5.92. The quantitative estimate of drug-likeness (QED) is 0.873. The lowest BCUT2D eigenvalue weighted by atomic mass is 9.78. The number of nitrogens with one attached hydrogen (secondary N) is 1. The van der Waals surface area contributed by atoms with E-state index in [4.69, 9.17) is 4.99 Å². The first-order valence-corrected chi connectivity index (χ1v) is 9.70. The molecule has 1 unspecified atom stereocenters. The van der Waals surface area contributed by atoms with Crippen LogP contribution in [0.5, 0.6) is 0 Å². The average molecular weight is 324 g/mol. The Hall–Kier alpha value is -0.550. The SMILES string of the molecule is Cc1nc(C)c(C(C)N=C2NC3(CCC(C)CC3)CS2)s1. The number of hydrogen-bond acceptors (Lipinski definition) is 4. The fourth-order valence-corrected chi connectivity index (χ4v) is 5.54. The van der Waals surface area contributed by atoms with Crippen molar-refractivity contribution in [3.8, 4) is 0 Å². The Morgan fingerprint density at radius 1 is 1.33 bits per heavy atom. The molecule has 2 aliphatic rings. The van der Waals surface area contributed by atoms with Crippen molar-refractivity contribution in [2.75, 3.05) is 5.75 Å². The molecule has 0 radical (unpaired) electrons. The van der Waals surface area contributed by atoms with E-state index >= 15 is 0 Å². The largest absolute Gasteiger partial charge is 0.359 e. The van der Waals surface area contributed by atoms with Crippen LogP contribution in [0.4, 0.5) is 0 Å². The maximum absolute atomic E-state index is 4.93. The van der Waals surface area contributed by atoms with Gasteiger partial charge in [0.1, 0.15) is 0 Å². The van der Waals surface area contributed by atoms with Crippen molar-refractivity contribution in [1.82, 2.24) is 10.3 Å². The van der Waals surface area contributed by atoms with Crippen molar-refractivity contribution in [1.29, 1.82) is 0 Å². The fraction of sp³-hybridized carbons (Fsp3) is 0.750. The molecule has 1 saturated heterocycles. The van der Waals surface area contributed by atoms with Crippen LogP contribution in [0.25, 0.3) is 0 Å². The lowest BCUT2D eigenvalue weighted by Gasteiger charge is -2.35. The molecule has 1 aliphatic carbocycles. The summed E-state index contributed by atoms with van der Waals surface area (Å²) in [5.41, 5.74) is 1.47. The number of aryl methyl sites for hydroxylation is 2. The fourth-order valence-electron chi connectivity index (χ4n) is 3.33. The Bertz CT molecular complexity index is 542. The van der Waals surface area contributed by atoms with Crippen molar-refractivity contribution in [2.45, 2.75) is 65.0 Å². The smallest absolute Gasteiger partial charge is 0.157 e. The van der Waals surface area contributed by atoms with E-state index in [0.717, 1.165) is 21.8 Å². The van der Waals surface area contributed by atoms with E-state index < -0.39 is 0 Å². The first-order valence-electron chi connectivity index (χ1n) is 7.90. The second-order valence-corrected chi connectivity index (χ2v) is 8.87. The zero-order chi connectivity index (χ0) is 15.0. The van der Waals surface area contributed by atoms with Crippen LogP contribution in [0.2, 0.25) is 0 Å². The van der Waals surface area contributed by atoms with Crippen LogP contribution < -0.4 is 5.32 Å². The summed E-state index contributed by atoms with van der Waals surface area (Å²) in [6.07, 6.45) is 5.30. The molecule has 116 valence electrons. The van der Waals surface area contributed by atoms with Gasteiger partial charge in [0.05, 0.1) is 21.6 Å². The van der Waals surface area contributed by atoms with Crippen molar-refractivity contribution >= 4 is 28.3 Å². The molecule has 2 heterocycles. The number of nitrogens with zero attached hydrogens (tertiary/aromatic N) is 2. The molecule has 3 rings (SSSR count). The van der Waals surface area contributed by atoms with Gasteiger partial charge in [-0.05, 0) is 52.4 Å². The van der Waals surface area contributed by atoms with Gasteiger partial charge in [0.15, 0.2) is 5.17 Å². The van der Waals surface area contributed by atoms with Crippen molar-refractivity contribution < 1.29 is 0 Å². The highest BCUT2D eigenvalue weighted by Crippen LogP contribution is 2.39. The molecule has 0 aromatic carbocycles. The maximum atomic E-state index is 4.93. The van der Waals surface area contributed by atoms with E-state index in [1.54, 1.807) is 11.3 Å². The Morgan fingerprint density at radius 2 is 2.05 bits per heavy atom. The van der Waals surface area contributed by atoms with Gasteiger partial charge in [0.25, 0.3) is 0 Å². The summed E-state index contributed by atoms with van der Waals surface area (Å²) in [6, 6.07) is 0.212. The highest BCUT2D eigenvalue weighted by molar-refractivity contribution is 8.14. The first-order chi connectivity index (χ1) is 9.97. The Labute approximate surface area is 136 Å². The van der Waals surface area contributed by atoms with E-state index in [0.29, 0.717) is 5.54 Å². The van der Waals surface area contributed by atoms with Gasteiger partial charge in [0, 0.05) is 11.3 Å². The molecule has 1 aliphatic heterocycles. The zero-order valence-corrected chi connectivity index (χ0v) is 15.0. The van der Waals surface area contributed by atoms with Crippen molar-refractivity contribution in [3.63, 3.8) is 0 Å². The number of rotatable bonds is 2. The number of hydrogen-bond donors (Lipinski definition) is 1. The van der Waals surface area contributed by atoms with Crippen LogP contribution in [0, 0.1) is 19.8 Å². The van der Waals surface area contributed by atoms with E-state index in [1.807, 2.05) is 11.8 Å². The van der Waals surface area contributed by atoms with Gasteiger partial charge in [-0.25, -0.2) is 4.98 Å². The third-order valence-corrected chi connectivity index (χ3v) is 7.14. The molecule has 21 heavy (non-hydrogen) atoms. The summed E-state index contributed by atoms with van der Waals surface area (Å²) in [6.45, 7) is 8.72. The van der Waals surface area contributed by atoms with Crippen molar-refractivity contribution in [2.24, 2.45) is 10.9 Å². The molecule has 0 bridgehead atoms. The summed E-state index contributed by atoms with van der Waals surface area (Å²) in [4.78, 5) is 10.8. The minimum Gasteiger partial charge on any atom is -0.359 e. The van der Waals surface area contributed by atoms with Gasteiger partial charge in [-0.1, -0.05) is 18.7 Å². The normalized spacial score (nSPS) is 32.6. The predicted molar refractivity (Wildman–Crippen MR) is 93.4 cm³/mol. The van der Waals surface area contributed by atoms with Gasteiger partial charge in [0.2, 0.25) is 0 Å². The molecule has 0 amide bonds. The van der Waals surface area contributed by atoms with Gasteiger partial charge < -0.3 is 5.32 Å². The van der Waals surface area contributed by atoms with Crippen LogP contribution in [0.15, 0.2) is 4.99 Å². The summed E-state index contributed by atoms with van der Waals surface area (Å²) < 4.78 is 0. The zero-order valence-electron chi connectivity index (χ0n) is 13.4. The molecular weight excluding hydrogens is 298 g/mol. The molecule has 5 heteroatoms. The number of thioether (sulfide) groups is 1. The standard InChI is InChI=1S/C16H25N3S2/c1-10-5-7-16(8-6-10)9-20-15(19-16)18-12(3)14-11(2)17-13(4)21-14/h10,12H,5-9H2,1-4H3,(H,18,19). The molecule has 1 spiro atoms. The van der Waals surface area contributed by atoms with E-state index in [9.17, 15) is 0 Å². The highest BCUT2D eigenvalue weighted by Gasteiger charge is 2.39. The lowest BCUT2D eigenvalue weighted by molar-refractivity contribution is 0.250. The Balaban J connectivity index is 1.69. The first kappa shape index (κ1) is 15.3. The number of aromatic nitrogens is 1. The molecule has 1 aromatic rings. The van der Waals surface area contributed by atoms with Gasteiger partial charge in [-0.15, -0.1) is 11.3 Å².